The normalized spacial score (nSPS) is 25.1. The fourth-order valence-corrected chi connectivity index (χ4v) is 6.12. The molecule has 41 heavy (non-hydrogen) atoms. The van der Waals surface area contributed by atoms with E-state index in [1.807, 2.05) is 34.6 Å². The van der Waals surface area contributed by atoms with E-state index in [2.05, 4.69) is 50.4 Å². The van der Waals surface area contributed by atoms with Crippen LogP contribution >= 0.6 is 0 Å². The zero-order valence-corrected chi connectivity index (χ0v) is 24.9. The highest BCUT2D eigenvalue weighted by Crippen LogP contribution is 2.65. The van der Waals surface area contributed by atoms with Gasteiger partial charge in [-0.15, -0.1) is 10.2 Å². The van der Waals surface area contributed by atoms with Crippen molar-refractivity contribution in [2.24, 2.45) is 40.2 Å². The molecule has 2 aliphatic carbocycles. The molecule has 0 aromatic carbocycles. The molecule has 5 amide bonds. The van der Waals surface area contributed by atoms with Crippen LogP contribution in [0.1, 0.15) is 79.6 Å². The molecule has 3 aliphatic rings. The average molecular weight is 574 g/mol. The van der Waals surface area contributed by atoms with E-state index in [0.717, 1.165) is 12.8 Å². The van der Waals surface area contributed by atoms with Crippen LogP contribution in [-0.2, 0) is 19.2 Å². The predicted molar refractivity (Wildman–Crippen MR) is 146 cm³/mol. The Labute approximate surface area is 239 Å². The summed E-state index contributed by atoms with van der Waals surface area (Å²) >= 11 is 0. The van der Waals surface area contributed by atoms with Gasteiger partial charge in [0.1, 0.15) is 12.1 Å². The van der Waals surface area contributed by atoms with E-state index in [4.69, 9.17) is 5.73 Å². The molecular weight excluding hydrogens is 530 g/mol. The Morgan fingerprint density at radius 3 is 2.27 bits per heavy atom. The number of carbonyl (C=O) groups excluding carboxylic acids is 5. The first-order valence-corrected chi connectivity index (χ1v) is 14.3. The molecule has 6 atom stereocenters. The summed E-state index contributed by atoms with van der Waals surface area (Å²) in [5.41, 5.74) is 4.40. The molecule has 0 bridgehead atoms. The lowest BCUT2D eigenvalue weighted by Crippen LogP contribution is -2.61. The van der Waals surface area contributed by atoms with E-state index in [-0.39, 0.29) is 29.1 Å². The molecule has 2 heterocycles. The number of aromatic amines is 1. The van der Waals surface area contributed by atoms with E-state index in [9.17, 15) is 24.0 Å². The van der Waals surface area contributed by atoms with E-state index in [1.165, 1.54) is 4.90 Å². The van der Waals surface area contributed by atoms with Crippen molar-refractivity contribution >= 4 is 29.5 Å². The van der Waals surface area contributed by atoms with Gasteiger partial charge >= 0.3 is 6.03 Å². The van der Waals surface area contributed by atoms with Crippen LogP contribution in [0.4, 0.5) is 4.79 Å². The molecule has 226 valence electrons. The number of ketones is 1. The molecule has 4 rings (SSSR count). The Hall–Kier alpha value is -3.58. The summed E-state index contributed by atoms with van der Waals surface area (Å²) in [7, 11) is 0. The molecule has 2 saturated carbocycles. The fraction of sp³-hybridized carbons (Fsp3) is 0.778. The number of rotatable bonds is 11. The Bertz CT molecular complexity index is 1190. The largest absolute Gasteiger partial charge is 0.363 e. The van der Waals surface area contributed by atoms with Crippen molar-refractivity contribution in [1.29, 1.82) is 0 Å². The number of urea groups is 1. The first-order chi connectivity index (χ1) is 19.0. The van der Waals surface area contributed by atoms with Crippen molar-refractivity contribution in [2.45, 2.75) is 91.9 Å². The SMILES string of the molecule is CC(C)[C@H](NC(=O)N[C@H](C(=O)N1C[C@H]2[C@@H]([C@H]1C(=O)NC(CC1CC1)C(=O)C(N)=O)C2(C)C)C(C)(C)C)c1nn[nH]n1. The number of fused-ring (bicyclic) bond motifs is 1. The molecule has 1 unspecified atom stereocenters. The van der Waals surface area contributed by atoms with Crippen molar-refractivity contribution < 1.29 is 24.0 Å². The van der Waals surface area contributed by atoms with Gasteiger partial charge in [-0.1, -0.05) is 66.5 Å². The summed E-state index contributed by atoms with van der Waals surface area (Å²) in [5.74, 6) is -2.31. The summed E-state index contributed by atoms with van der Waals surface area (Å²) in [6, 6.07) is -3.96. The Morgan fingerprint density at radius 2 is 1.76 bits per heavy atom. The molecule has 1 aromatic heterocycles. The molecule has 14 heteroatoms. The number of hydrogen-bond donors (Lipinski definition) is 5. The van der Waals surface area contributed by atoms with Gasteiger partial charge in [0, 0.05) is 6.54 Å². The average Bonchev–Trinajstić information content (AvgIpc) is 3.57. The molecule has 1 saturated heterocycles. The highest BCUT2D eigenvalue weighted by Gasteiger charge is 2.70. The molecule has 3 fully saturated rings. The second-order valence-corrected chi connectivity index (χ2v) is 13.8. The van der Waals surface area contributed by atoms with Crippen LogP contribution in [0.3, 0.4) is 0 Å². The summed E-state index contributed by atoms with van der Waals surface area (Å²) < 4.78 is 0. The minimum absolute atomic E-state index is 0.0603. The number of Topliss-reactive ketones (excluding diaryl/α,β-unsaturated/α-hetero) is 1. The monoisotopic (exact) mass is 573 g/mol. The molecule has 1 aliphatic heterocycles. The van der Waals surface area contributed by atoms with E-state index in [0.29, 0.717) is 18.8 Å². The minimum Gasteiger partial charge on any atom is -0.363 e. The zero-order chi connectivity index (χ0) is 30.4. The number of nitrogens with zero attached hydrogens (tertiary/aromatic N) is 4. The molecule has 14 nitrogen and oxygen atoms in total. The lowest BCUT2D eigenvalue weighted by molar-refractivity contribution is -0.145. The molecule has 0 radical (unpaired) electrons. The zero-order valence-electron chi connectivity index (χ0n) is 24.9. The minimum atomic E-state index is -1.09. The van der Waals surface area contributed by atoms with Crippen LogP contribution < -0.4 is 21.7 Å². The van der Waals surface area contributed by atoms with Gasteiger partial charge in [0.25, 0.3) is 5.91 Å². The summed E-state index contributed by atoms with van der Waals surface area (Å²) in [4.78, 5) is 66.8. The van der Waals surface area contributed by atoms with Crippen LogP contribution in [0.2, 0.25) is 0 Å². The third-order valence-electron chi connectivity index (χ3n) is 8.88. The number of tetrazole rings is 1. The van der Waals surface area contributed by atoms with Crippen molar-refractivity contribution in [2.75, 3.05) is 6.54 Å². The number of H-pyrrole nitrogens is 1. The second kappa shape index (κ2) is 11.0. The number of nitrogens with two attached hydrogens (primary N) is 1. The maximum Gasteiger partial charge on any atom is 0.316 e. The van der Waals surface area contributed by atoms with Crippen LogP contribution in [0.5, 0.6) is 0 Å². The molecular formula is C27H43N9O5. The van der Waals surface area contributed by atoms with E-state index >= 15 is 0 Å². The van der Waals surface area contributed by atoms with Crippen LogP contribution in [0.25, 0.3) is 0 Å². The third-order valence-corrected chi connectivity index (χ3v) is 8.88. The van der Waals surface area contributed by atoms with Gasteiger partial charge in [-0.2, -0.15) is 5.21 Å². The molecule has 0 spiro atoms. The highest BCUT2D eigenvalue weighted by atomic mass is 16.2. The van der Waals surface area contributed by atoms with E-state index in [1.54, 1.807) is 0 Å². The second-order valence-electron chi connectivity index (χ2n) is 13.8. The first kappa shape index (κ1) is 30.4. The van der Waals surface area contributed by atoms with Crippen molar-refractivity contribution in [1.82, 2.24) is 41.5 Å². The van der Waals surface area contributed by atoms with Crippen LogP contribution in [-0.4, -0.2) is 79.7 Å². The van der Waals surface area contributed by atoms with Gasteiger partial charge in [0.15, 0.2) is 5.82 Å². The van der Waals surface area contributed by atoms with Gasteiger partial charge in [-0.25, -0.2) is 4.79 Å². The Kier molecular flexibility index (Phi) is 8.16. The topological polar surface area (TPSA) is 205 Å². The predicted octanol–water partition coefficient (Wildman–Crippen LogP) is 0.433. The van der Waals surface area contributed by atoms with Crippen molar-refractivity contribution in [3.63, 3.8) is 0 Å². The van der Waals surface area contributed by atoms with E-state index < -0.39 is 59.1 Å². The number of carbonyl (C=O) groups is 5. The van der Waals surface area contributed by atoms with Gasteiger partial charge in [-0.05, 0) is 40.9 Å². The lowest BCUT2D eigenvalue weighted by atomic mass is 9.85. The van der Waals surface area contributed by atoms with Crippen LogP contribution in [0, 0.1) is 34.5 Å². The summed E-state index contributed by atoms with van der Waals surface area (Å²) in [6.45, 7) is 13.8. The van der Waals surface area contributed by atoms with Gasteiger partial charge < -0.3 is 26.6 Å². The maximum absolute atomic E-state index is 14.1. The van der Waals surface area contributed by atoms with Gasteiger partial charge in [0.2, 0.25) is 17.6 Å². The number of piperidine rings is 1. The smallest absolute Gasteiger partial charge is 0.316 e. The van der Waals surface area contributed by atoms with Crippen molar-refractivity contribution in [3.05, 3.63) is 5.82 Å². The summed E-state index contributed by atoms with van der Waals surface area (Å²) in [5, 5.41) is 22.3. The number of amides is 5. The quantitative estimate of drug-likeness (QED) is 0.234. The Balaban J connectivity index is 1.53. The number of aromatic nitrogens is 4. The Morgan fingerprint density at radius 1 is 1.10 bits per heavy atom. The highest BCUT2D eigenvalue weighted by molar-refractivity contribution is 6.37. The van der Waals surface area contributed by atoms with Crippen LogP contribution in [0.15, 0.2) is 0 Å². The maximum atomic E-state index is 14.1. The number of nitrogens with one attached hydrogen (secondary N) is 4. The van der Waals surface area contributed by atoms with Crippen molar-refractivity contribution in [3.8, 4) is 0 Å². The fourth-order valence-electron chi connectivity index (χ4n) is 6.12. The van der Waals surface area contributed by atoms with Gasteiger partial charge in [-0.3, -0.25) is 19.2 Å². The number of hydrogen-bond acceptors (Lipinski definition) is 8. The number of likely N-dealkylation sites (tertiary alicyclic amines) is 1. The van der Waals surface area contributed by atoms with Gasteiger partial charge in [0.05, 0.1) is 12.1 Å². The molecule has 6 N–H and O–H groups in total. The standard InChI is InChI=1S/C27H43N9O5/c1-12(2)17(22-32-34-35-33-22)30-25(41)31-20(26(3,4)5)24(40)36-11-14-16(27(14,6)7)18(36)23(39)29-15(10-13-8-9-13)19(37)21(28)38/h12-18,20H,8-11H2,1-7H3,(H2,28,38)(H,29,39)(H2,30,31,41)(H,32,33,34,35)/t14-,15?,16-,17-,18-,20+/m0/s1. The lowest BCUT2D eigenvalue weighted by Gasteiger charge is -2.38. The first-order valence-electron chi connectivity index (χ1n) is 14.3. The number of primary amides is 1. The summed E-state index contributed by atoms with van der Waals surface area (Å²) in [6.07, 6.45) is 2.19. The third kappa shape index (κ3) is 6.35. The molecule has 1 aromatic rings.